The number of piperazine rings is 1. The first-order valence-electron chi connectivity index (χ1n) is 7.51. The highest BCUT2D eigenvalue weighted by atomic mass is 16.5. The van der Waals surface area contributed by atoms with Gasteiger partial charge < -0.3 is 14.7 Å². The molecule has 1 aliphatic heterocycles. The van der Waals surface area contributed by atoms with E-state index in [2.05, 4.69) is 4.90 Å². The maximum atomic E-state index is 12.5. The van der Waals surface area contributed by atoms with Gasteiger partial charge in [0.05, 0.1) is 13.2 Å². The topological polar surface area (TPSA) is 53.0 Å². The first-order valence-corrected chi connectivity index (χ1v) is 7.51. The fraction of sp³-hybridized carbons (Fsp3) is 0.562. The Kier molecular flexibility index (Phi) is 5.59. The van der Waals surface area contributed by atoms with Gasteiger partial charge in [-0.05, 0) is 31.5 Å². The lowest BCUT2D eigenvalue weighted by Crippen LogP contribution is -2.49. The smallest absolute Gasteiger partial charge is 0.254 e. The molecular weight excluding hydrogens is 268 g/mol. The van der Waals surface area contributed by atoms with Crippen molar-refractivity contribution in [2.75, 3.05) is 45.9 Å². The van der Waals surface area contributed by atoms with Crippen LogP contribution >= 0.6 is 0 Å². The number of aryl methyl sites for hydroxylation is 1. The second-order valence-corrected chi connectivity index (χ2v) is 5.27. The number of carbonyl (C=O) groups is 1. The number of aliphatic hydroxyl groups is 1. The highest BCUT2D eigenvalue weighted by molar-refractivity contribution is 5.94. The first-order chi connectivity index (χ1) is 10.2. The molecule has 2 rings (SSSR count). The van der Waals surface area contributed by atoms with E-state index in [-0.39, 0.29) is 12.5 Å². The summed E-state index contributed by atoms with van der Waals surface area (Å²) in [4.78, 5) is 16.6. The molecule has 0 atom stereocenters. The summed E-state index contributed by atoms with van der Waals surface area (Å²) in [5.41, 5.74) is 1.72. The monoisotopic (exact) mass is 292 g/mol. The maximum Gasteiger partial charge on any atom is 0.254 e. The number of ether oxygens (including phenoxy) is 1. The maximum absolute atomic E-state index is 12.5. The summed E-state index contributed by atoms with van der Waals surface area (Å²) in [6.45, 7) is 8.41. The number of benzene rings is 1. The Labute approximate surface area is 126 Å². The summed E-state index contributed by atoms with van der Waals surface area (Å²) in [5, 5.41) is 8.94. The number of amides is 1. The Balaban J connectivity index is 2.02. The van der Waals surface area contributed by atoms with Gasteiger partial charge in [0.15, 0.2) is 0 Å². The minimum absolute atomic E-state index is 0.0552. The van der Waals surface area contributed by atoms with Crippen LogP contribution in [0.15, 0.2) is 18.2 Å². The highest BCUT2D eigenvalue weighted by Crippen LogP contribution is 2.21. The summed E-state index contributed by atoms with van der Waals surface area (Å²) in [6, 6.07) is 5.63. The van der Waals surface area contributed by atoms with Crippen molar-refractivity contribution in [3.8, 4) is 5.75 Å². The molecule has 0 aromatic heterocycles. The third-order valence-corrected chi connectivity index (χ3v) is 3.81. The summed E-state index contributed by atoms with van der Waals surface area (Å²) in [6.07, 6.45) is 0. The van der Waals surface area contributed by atoms with Crippen molar-refractivity contribution in [1.82, 2.24) is 9.80 Å². The van der Waals surface area contributed by atoms with Gasteiger partial charge in [0.25, 0.3) is 5.91 Å². The molecule has 0 unspecified atom stereocenters. The summed E-state index contributed by atoms with van der Waals surface area (Å²) >= 11 is 0. The number of hydrogen-bond acceptors (Lipinski definition) is 4. The largest absolute Gasteiger partial charge is 0.494 e. The minimum Gasteiger partial charge on any atom is -0.494 e. The Morgan fingerprint density at radius 2 is 2.00 bits per heavy atom. The summed E-state index contributed by atoms with van der Waals surface area (Å²) in [5.74, 6) is 0.835. The standard InChI is InChI=1S/C16H24N2O3/c1-3-21-15-12-14(5-4-13(15)2)16(20)18-8-6-17(7-9-18)10-11-19/h4-5,12,19H,3,6-11H2,1-2H3. The number of carbonyl (C=O) groups excluding carboxylic acids is 1. The second kappa shape index (κ2) is 7.43. The molecule has 0 spiro atoms. The molecule has 1 amide bonds. The molecule has 0 radical (unpaired) electrons. The van der Waals surface area contributed by atoms with Crippen LogP contribution in [0.4, 0.5) is 0 Å². The molecule has 1 aromatic rings. The average molecular weight is 292 g/mol. The van der Waals surface area contributed by atoms with Crippen LogP contribution in [0, 0.1) is 6.92 Å². The lowest BCUT2D eigenvalue weighted by molar-refractivity contribution is 0.0614. The molecule has 1 saturated heterocycles. The Morgan fingerprint density at radius 3 is 2.62 bits per heavy atom. The predicted molar refractivity (Wildman–Crippen MR) is 81.8 cm³/mol. The Bertz CT molecular complexity index is 482. The number of hydrogen-bond donors (Lipinski definition) is 1. The van der Waals surface area contributed by atoms with E-state index in [1.165, 1.54) is 0 Å². The normalized spacial score (nSPS) is 16.0. The SMILES string of the molecule is CCOc1cc(C(=O)N2CCN(CCO)CC2)ccc1C. The molecular formula is C16H24N2O3. The fourth-order valence-electron chi connectivity index (χ4n) is 2.54. The van der Waals surface area contributed by atoms with E-state index < -0.39 is 0 Å². The average Bonchev–Trinajstić information content (AvgIpc) is 2.50. The summed E-state index contributed by atoms with van der Waals surface area (Å²) < 4.78 is 5.56. The predicted octanol–water partition coefficient (Wildman–Crippen LogP) is 1.14. The van der Waals surface area contributed by atoms with Gasteiger partial charge in [-0.1, -0.05) is 6.07 Å². The van der Waals surface area contributed by atoms with Gasteiger partial charge in [-0.3, -0.25) is 9.69 Å². The van der Waals surface area contributed by atoms with Crippen LogP contribution in [-0.2, 0) is 0 Å². The van der Waals surface area contributed by atoms with Crippen molar-refractivity contribution in [3.05, 3.63) is 29.3 Å². The van der Waals surface area contributed by atoms with Crippen LogP contribution in [-0.4, -0.2) is 66.8 Å². The molecule has 1 aliphatic rings. The molecule has 5 heteroatoms. The van der Waals surface area contributed by atoms with Crippen molar-refractivity contribution in [2.24, 2.45) is 0 Å². The van der Waals surface area contributed by atoms with E-state index in [9.17, 15) is 4.79 Å². The first kappa shape index (κ1) is 15.8. The fourth-order valence-corrected chi connectivity index (χ4v) is 2.54. The van der Waals surface area contributed by atoms with E-state index in [4.69, 9.17) is 9.84 Å². The third kappa shape index (κ3) is 3.95. The van der Waals surface area contributed by atoms with E-state index in [0.29, 0.717) is 31.8 Å². The molecule has 0 bridgehead atoms. The summed E-state index contributed by atoms with van der Waals surface area (Å²) in [7, 11) is 0. The quantitative estimate of drug-likeness (QED) is 0.884. The van der Waals surface area contributed by atoms with Gasteiger partial charge >= 0.3 is 0 Å². The zero-order valence-corrected chi connectivity index (χ0v) is 12.8. The molecule has 116 valence electrons. The van der Waals surface area contributed by atoms with Crippen LogP contribution in [0.3, 0.4) is 0 Å². The Morgan fingerprint density at radius 1 is 1.29 bits per heavy atom. The van der Waals surface area contributed by atoms with Crippen molar-refractivity contribution in [1.29, 1.82) is 0 Å². The lowest BCUT2D eigenvalue weighted by atomic mass is 10.1. The second-order valence-electron chi connectivity index (χ2n) is 5.27. The molecule has 1 aromatic carbocycles. The number of rotatable bonds is 5. The van der Waals surface area contributed by atoms with E-state index in [1.54, 1.807) is 0 Å². The van der Waals surface area contributed by atoms with Crippen LogP contribution < -0.4 is 4.74 Å². The zero-order valence-electron chi connectivity index (χ0n) is 12.8. The van der Waals surface area contributed by atoms with Crippen LogP contribution in [0.5, 0.6) is 5.75 Å². The van der Waals surface area contributed by atoms with Gasteiger partial charge in [-0.15, -0.1) is 0 Å². The van der Waals surface area contributed by atoms with Crippen molar-refractivity contribution < 1.29 is 14.6 Å². The Hall–Kier alpha value is -1.59. The van der Waals surface area contributed by atoms with Crippen molar-refractivity contribution in [3.63, 3.8) is 0 Å². The molecule has 0 saturated carbocycles. The van der Waals surface area contributed by atoms with Gasteiger partial charge in [0.1, 0.15) is 5.75 Å². The number of aliphatic hydroxyl groups excluding tert-OH is 1. The van der Waals surface area contributed by atoms with Gasteiger partial charge in [-0.2, -0.15) is 0 Å². The molecule has 21 heavy (non-hydrogen) atoms. The molecule has 1 N–H and O–H groups in total. The van der Waals surface area contributed by atoms with Crippen molar-refractivity contribution in [2.45, 2.75) is 13.8 Å². The molecule has 1 heterocycles. The number of β-amino-alcohol motifs (C(OH)–C–C–N with tert-alkyl or cyclic N) is 1. The zero-order chi connectivity index (χ0) is 15.2. The van der Waals surface area contributed by atoms with Gasteiger partial charge in [0.2, 0.25) is 0 Å². The molecule has 1 fully saturated rings. The minimum atomic E-state index is 0.0552. The van der Waals surface area contributed by atoms with Crippen LogP contribution in [0.25, 0.3) is 0 Å². The van der Waals surface area contributed by atoms with E-state index in [1.807, 2.05) is 36.9 Å². The molecule has 0 aliphatic carbocycles. The lowest BCUT2D eigenvalue weighted by Gasteiger charge is -2.34. The van der Waals surface area contributed by atoms with E-state index in [0.717, 1.165) is 24.4 Å². The van der Waals surface area contributed by atoms with Crippen molar-refractivity contribution >= 4 is 5.91 Å². The van der Waals surface area contributed by atoms with Gasteiger partial charge in [0, 0.05) is 38.3 Å². The highest BCUT2D eigenvalue weighted by Gasteiger charge is 2.22. The van der Waals surface area contributed by atoms with E-state index >= 15 is 0 Å². The molecule has 5 nitrogen and oxygen atoms in total. The van der Waals surface area contributed by atoms with Gasteiger partial charge in [-0.25, -0.2) is 0 Å². The van der Waals surface area contributed by atoms with Crippen LogP contribution in [0.1, 0.15) is 22.8 Å². The number of nitrogens with zero attached hydrogens (tertiary/aromatic N) is 2. The third-order valence-electron chi connectivity index (χ3n) is 3.81. The van der Waals surface area contributed by atoms with Crippen LogP contribution in [0.2, 0.25) is 0 Å².